The molecular weight excluding hydrogens is 412 g/mol. The van der Waals surface area contributed by atoms with Gasteiger partial charge in [0.1, 0.15) is 6.54 Å². The highest BCUT2D eigenvalue weighted by Gasteiger charge is 2.20. The standard InChI is InChI=1S/C21H17ClN2O4S/c1-12-20(17-9-14(22)5-6-18(17)24(12)10-19(25)26)15-7-8-23-21-13(11-29(27)28)3-2-4-16(15)21/h2-9H,10-11H2,1H3,(H,25,26)(H,27,28). The first kappa shape index (κ1) is 19.6. The van der Waals surface area contributed by atoms with Gasteiger partial charge in [-0.15, -0.1) is 0 Å². The molecule has 4 rings (SSSR count). The largest absolute Gasteiger partial charge is 0.480 e. The van der Waals surface area contributed by atoms with Crippen LogP contribution < -0.4 is 0 Å². The average molecular weight is 429 g/mol. The minimum absolute atomic E-state index is 0.0145. The maximum atomic E-state index is 11.4. The molecule has 0 spiro atoms. The van der Waals surface area contributed by atoms with Gasteiger partial charge in [-0.1, -0.05) is 29.8 Å². The first-order valence-corrected chi connectivity index (χ1v) is 10.5. The molecule has 0 radical (unpaired) electrons. The van der Waals surface area contributed by atoms with E-state index in [4.69, 9.17) is 11.6 Å². The molecule has 4 aromatic rings. The molecule has 0 bridgehead atoms. The molecule has 1 unspecified atom stereocenters. The molecule has 0 fully saturated rings. The summed E-state index contributed by atoms with van der Waals surface area (Å²) >= 11 is 4.26. The fourth-order valence-corrected chi connectivity index (χ4v) is 4.51. The maximum Gasteiger partial charge on any atom is 0.323 e. The molecule has 29 heavy (non-hydrogen) atoms. The molecule has 8 heteroatoms. The Morgan fingerprint density at radius 1 is 1.21 bits per heavy atom. The second kappa shape index (κ2) is 7.59. The maximum absolute atomic E-state index is 11.4. The summed E-state index contributed by atoms with van der Waals surface area (Å²) < 4.78 is 22.4. The average Bonchev–Trinajstić information content (AvgIpc) is 2.92. The zero-order valence-electron chi connectivity index (χ0n) is 15.4. The number of aromatic nitrogens is 2. The van der Waals surface area contributed by atoms with Gasteiger partial charge in [-0.05, 0) is 42.3 Å². The predicted octanol–water partition coefficient (Wildman–Crippen LogP) is 4.62. The number of carboxylic acid groups (broad SMARTS) is 1. The molecule has 1 atom stereocenters. The third kappa shape index (κ3) is 3.53. The summed E-state index contributed by atoms with van der Waals surface area (Å²) in [5, 5.41) is 11.6. The summed E-state index contributed by atoms with van der Waals surface area (Å²) in [6.07, 6.45) is 1.66. The Morgan fingerprint density at radius 3 is 2.72 bits per heavy atom. The zero-order valence-corrected chi connectivity index (χ0v) is 17.0. The van der Waals surface area contributed by atoms with Crippen LogP contribution in [-0.4, -0.2) is 29.4 Å². The molecule has 0 aliphatic carbocycles. The van der Waals surface area contributed by atoms with E-state index in [9.17, 15) is 18.7 Å². The molecule has 0 saturated carbocycles. The van der Waals surface area contributed by atoms with E-state index in [0.717, 1.165) is 33.1 Å². The van der Waals surface area contributed by atoms with Crippen LogP contribution in [0.4, 0.5) is 0 Å². The summed E-state index contributed by atoms with van der Waals surface area (Å²) in [5.74, 6) is -0.946. The van der Waals surface area contributed by atoms with Crippen LogP contribution in [0.2, 0.25) is 5.02 Å². The molecule has 2 heterocycles. The molecule has 2 aromatic carbocycles. The van der Waals surface area contributed by atoms with Gasteiger partial charge in [-0.25, -0.2) is 4.21 Å². The number of carbonyl (C=O) groups is 1. The quantitative estimate of drug-likeness (QED) is 0.452. The lowest BCUT2D eigenvalue weighted by molar-refractivity contribution is -0.137. The fourth-order valence-electron chi connectivity index (χ4n) is 3.84. The number of hydrogen-bond acceptors (Lipinski definition) is 3. The Hall–Kier alpha value is -2.74. The Labute approximate surface area is 174 Å². The minimum Gasteiger partial charge on any atom is -0.480 e. The SMILES string of the molecule is Cc1c(-c2ccnc3c(CS(=O)O)cccc23)c2cc(Cl)ccc2n1CC(=O)O. The Kier molecular flexibility index (Phi) is 5.12. The van der Waals surface area contributed by atoms with Gasteiger partial charge in [0.05, 0.1) is 11.3 Å². The smallest absolute Gasteiger partial charge is 0.323 e. The number of rotatable bonds is 5. The Bertz CT molecular complexity index is 1300. The second-order valence-electron chi connectivity index (χ2n) is 6.74. The molecule has 0 aliphatic heterocycles. The van der Waals surface area contributed by atoms with Crippen LogP contribution >= 0.6 is 11.6 Å². The number of pyridine rings is 1. The number of nitrogens with zero attached hydrogens (tertiary/aromatic N) is 2. The van der Waals surface area contributed by atoms with Crippen molar-refractivity contribution >= 4 is 50.5 Å². The molecule has 2 aromatic heterocycles. The first-order chi connectivity index (χ1) is 13.9. The van der Waals surface area contributed by atoms with Crippen LogP contribution in [0.1, 0.15) is 11.3 Å². The highest BCUT2D eigenvalue weighted by molar-refractivity contribution is 7.78. The number of hydrogen-bond donors (Lipinski definition) is 2. The third-order valence-electron chi connectivity index (χ3n) is 4.98. The monoisotopic (exact) mass is 428 g/mol. The van der Waals surface area contributed by atoms with Gasteiger partial charge in [0.2, 0.25) is 0 Å². The van der Waals surface area contributed by atoms with Gasteiger partial charge in [0, 0.05) is 38.8 Å². The summed E-state index contributed by atoms with van der Waals surface area (Å²) in [4.78, 5) is 15.9. The van der Waals surface area contributed by atoms with Crippen molar-refractivity contribution < 1.29 is 18.7 Å². The first-order valence-electron chi connectivity index (χ1n) is 8.81. The molecule has 0 amide bonds. The number of benzene rings is 2. The highest BCUT2D eigenvalue weighted by Crippen LogP contribution is 2.39. The topological polar surface area (TPSA) is 92.4 Å². The summed E-state index contributed by atoms with van der Waals surface area (Å²) in [6.45, 7) is 1.72. The molecule has 6 nitrogen and oxygen atoms in total. The zero-order chi connectivity index (χ0) is 20.7. The Balaban J connectivity index is 2.06. The van der Waals surface area contributed by atoms with Gasteiger partial charge in [-0.2, -0.15) is 0 Å². The van der Waals surface area contributed by atoms with Crippen LogP contribution in [0.25, 0.3) is 32.9 Å². The number of para-hydroxylation sites is 1. The van der Waals surface area contributed by atoms with E-state index < -0.39 is 17.0 Å². The molecule has 148 valence electrons. The number of fused-ring (bicyclic) bond motifs is 2. The molecular formula is C21H17ClN2O4S. The van der Waals surface area contributed by atoms with Crippen molar-refractivity contribution in [1.29, 1.82) is 0 Å². The van der Waals surface area contributed by atoms with E-state index in [2.05, 4.69) is 4.98 Å². The van der Waals surface area contributed by atoms with Crippen molar-refractivity contribution in [3.63, 3.8) is 0 Å². The van der Waals surface area contributed by atoms with Crippen LogP contribution in [0.15, 0.2) is 48.7 Å². The lowest BCUT2D eigenvalue weighted by Gasteiger charge is -2.10. The van der Waals surface area contributed by atoms with E-state index in [1.807, 2.05) is 37.3 Å². The van der Waals surface area contributed by atoms with Crippen molar-refractivity contribution in [2.24, 2.45) is 0 Å². The Morgan fingerprint density at radius 2 is 2.00 bits per heavy atom. The lowest BCUT2D eigenvalue weighted by Crippen LogP contribution is -2.09. The van der Waals surface area contributed by atoms with E-state index >= 15 is 0 Å². The van der Waals surface area contributed by atoms with Crippen molar-refractivity contribution in [2.75, 3.05) is 0 Å². The number of aliphatic carboxylic acids is 1. The highest BCUT2D eigenvalue weighted by atomic mass is 35.5. The van der Waals surface area contributed by atoms with Gasteiger partial charge < -0.3 is 14.2 Å². The van der Waals surface area contributed by atoms with Crippen molar-refractivity contribution in [3.8, 4) is 11.1 Å². The van der Waals surface area contributed by atoms with Crippen molar-refractivity contribution in [3.05, 3.63) is 64.9 Å². The van der Waals surface area contributed by atoms with Crippen LogP contribution in [0.3, 0.4) is 0 Å². The van der Waals surface area contributed by atoms with E-state index in [1.54, 1.807) is 22.9 Å². The molecule has 0 saturated heterocycles. The summed E-state index contributed by atoms with van der Waals surface area (Å²) in [6, 6.07) is 12.8. The van der Waals surface area contributed by atoms with Crippen LogP contribution in [-0.2, 0) is 28.2 Å². The van der Waals surface area contributed by atoms with Crippen molar-refractivity contribution in [1.82, 2.24) is 9.55 Å². The van der Waals surface area contributed by atoms with Crippen molar-refractivity contribution in [2.45, 2.75) is 19.2 Å². The van der Waals surface area contributed by atoms with Gasteiger partial charge >= 0.3 is 5.97 Å². The summed E-state index contributed by atoms with van der Waals surface area (Å²) in [5.41, 5.74) is 4.64. The molecule has 0 aliphatic rings. The van der Waals surface area contributed by atoms with Crippen LogP contribution in [0.5, 0.6) is 0 Å². The minimum atomic E-state index is -1.98. The fraction of sp³-hybridized carbons (Fsp3) is 0.143. The predicted molar refractivity (Wildman–Crippen MR) is 115 cm³/mol. The molecule has 2 N–H and O–H groups in total. The van der Waals surface area contributed by atoms with Gasteiger partial charge in [-0.3, -0.25) is 9.78 Å². The number of carboxylic acids is 1. The van der Waals surface area contributed by atoms with E-state index in [0.29, 0.717) is 16.1 Å². The van der Waals surface area contributed by atoms with E-state index in [1.165, 1.54) is 0 Å². The number of halogens is 1. The summed E-state index contributed by atoms with van der Waals surface area (Å²) in [7, 11) is 0. The second-order valence-corrected chi connectivity index (χ2v) is 8.11. The normalized spacial score (nSPS) is 12.5. The van der Waals surface area contributed by atoms with Gasteiger partial charge in [0.15, 0.2) is 11.1 Å². The van der Waals surface area contributed by atoms with Crippen LogP contribution in [0, 0.1) is 6.92 Å². The van der Waals surface area contributed by atoms with E-state index in [-0.39, 0.29) is 12.3 Å². The third-order valence-corrected chi connectivity index (χ3v) is 5.77. The lowest BCUT2D eigenvalue weighted by atomic mass is 9.97. The van der Waals surface area contributed by atoms with Gasteiger partial charge in [0.25, 0.3) is 0 Å².